The summed E-state index contributed by atoms with van der Waals surface area (Å²) < 4.78 is 80.6. The number of hydrogen-bond donors (Lipinski definition) is 0. The monoisotopic (exact) mass is 416 g/mol. The van der Waals surface area contributed by atoms with Gasteiger partial charge in [-0.3, -0.25) is 0 Å². The fraction of sp³-hybridized carbons (Fsp3) is 0.565. The normalized spacial score (nSPS) is 19.0. The van der Waals surface area contributed by atoms with Crippen molar-refractivity contribution in [2.75, 3.05) is 0 Å². The van der Waals surface area contributed by atoms with Crippen LogP contribution in [0.1, 0.15) is 69.1 Å². The number of hydrogen-bond acceptors (Lipinski definition) is 0. The predicted octanol–water partition coefficient (Wildman–Crippen LogP) is 8.21. The zero-order chi connectivity index (χ0) is 21.8. The molecule has 160 valence electrons. The van der Waals surface area contributed by atoms with Crippen LogP contribution in [-0.4, -0.2) is 12.4 Å². The molecule has 0 aliphatic heterocycles. The quantitative estimate of drug-likeness (QED) is 0.411. The van der Waals surface area contributed by atoms with Gasteiger partial charge in [-0.15, -0.1) is 0 Å². The summed E-state index contributed by atoms with van der Waals surface area (Å²) in [6, 6.07) is 9.67. The number of halogens is 6. The van der Waals surface area contributed by atoms with Crippen LogP contribution in [0.2, 0.25) is 0 Å². The maximum Gasteiger partial charge on any atom is 0.403 e. The Morgan fingerprint density at radius 3 is 1.76 bits per heavy atom. The van der Waals surface area contributed by atoms with Crippen molar-refractivity contribution in [2.45, 2.75) is 77.1 Å². The molecule has 0 heterocycles. The van der Waals surface area contributed by atoms with E-state index in [1.807, 2.05) is 37.3 Å². The Morgan fingerprint density at radius 1 is 0.828 bits per heavy atom. The molecule has 1 fully saturated rings. The Labute approximate surface area is 167 Å². The lowest BCUT2D eigenvalue weighted by Gasteiger charge is -2.42. The first-order chi connectivity index (χ1) is 13.2. The van der Waals surface area contributed by atoms with Crippen molar-refractivity contribution in [1.82, 2.24) is 0 Å². The van der Waals surface area contributed by atoms with Crippen molar-refractivity contribution in [3.05, 3.63) is 47.0 Å². The molecular weight excluding hydrogens is 390 g/mol. The number of rotatable bonds is 1. The van der Waals surface area contributed by atoms with Crippen molar-refractivity contribution in [2.24, 2.45) is 5.41 Å². The van der Waals surface area contributed by atoms with E-state index >= 15 is 0 Å². The molecule has 2 aromatic rings. The Morgan fingerprint density at radius 2 is 1.31 bits per heavy atom. The van der Waals surface area contributed by atoms with Gasteiger partial charge < -0.3 is 0 Å². The van der Waals surface area contributed by atoms with Crippen LogP contribution in [0.5, 0.6) is 0 Å². The third kappa shape index (κ3) is 3.64. The number of fused-ring (bicyclic) bond motifs is 1. The smallest absolute Gasteiger partial charge is 0.170 e. The summed E-state index contributed by atoms with van der Waals surface area (Å²) in [5.41, 5.74) is -0.723. The summed E-state index contributed by atoms with van der Waals surface area (Å²) in [5, 5.41) is 1.94. The first-order valence-corrected chi connectivity index (χ1v) is 9.85. The second-order valence-corrected chi connectivity index (χ2v) is 9.29. The van der Waals surface area contributed by atoms with Gasteiger partial charge in [0.15, 0.2) is 5.41 Å². The van der Waals surface area contributed by atoms with Crippen LogP contribution in [0.3, 0.4) is 0 Å². The molecule has 0 nitrogen and oxygen atoms in total. The van der Waals surface area contributed by atoms with Gasteiger partial charge in [-0.2, -0.15) is 26.3 Å². The van der Waals surface area contributed by atoms with Crippen molar-refractivity contribution in [3.8, 4) is 0 Å². The van der Waals surface area contributed by atoms with Gasteiger partial charge in [0.25, 0.3) is 0 Å². The van der Waals surface area contributed by atoms with E-state index < -0.39 is 30.6 Å². The van der Waals surface area contributed by atoms with E-state index in [1.54, 1.807) is 0 Å². The Balaban J connectivity index is 2.07. The second kappa shape index (κ2) is 6.92. The lowest BCUT2D eigenvalue weighted by atomic mass is 9.66. The van der Waals surface area contributed by atoms with Crippen LogP contribution in [0.15, 0.2) is 30.3 Å². The standard InChI is InChI=1S/C23H26F6/c1-14-16-7-5-6-8-17(16)18(13-19(14)20(2,3)4)15-9-11-21(12-10-15,22(24,25)26)23(27,28)29/h5-8,13,15H,9-12H2,1-4H3. The molecule has 1 saturated carbocycles. The molecule has 1 aliphatic rings. The molecule has 29 heavy (non-hydrogen) atoms. The van der Waals surface area contributed by atoms with Gasteiger partial charge in [0.2, 0.25) is 0 Å². The van der Waals surface area contributed by atoms with Crippen LogP contribution < -0.4 is 0 Å². The Hall–Kier alpha value is -1.72. The van der Waals surface area contributed by atoms with E-state index in [1.165, 1.54) is 0 Å². The zero-order valence-electron chi connectivity index (χ0n) is 17.1. The average Bonchev–Trinajstić information content (AvgIpc) is 2.59. The van der Waals surface area contributed by atoms with Gasteiger partial charge in [0, 0.05) is 0 Å². The number of benzene rings is 2. The highest BCUT2D eigenvalue weighted by Crippen LogP contribution is 2.60. The first-order valence-electron chi connectivity index (χ1n) is 9.85. The van der Waals surface area contributed by atoms with E-state index in [-0.39, 0.29) is 24.2 Å². The maximum atomic E-state index is 13.4. The van der Waals surface area contributed by atoms with Crippen LogP contribution in [0, 0.1) is 12.3 Å². The van der Waals surface area contributed by atoms with Crippen LogP contribution in [0.25, 0.3) is 10.8 Å². The third-order valence-corrected chi connectivity index (χ3v) is 6.52. The van der Waals surface area contributed by atoms with Gasteiger partial charge in [0.1, 0.15) is 0 Å². The van der Waals surface area contributed by atoms with Gasteiger partial charge in [-0.1, -0.05) is 51.1 Å². The van der Waals surface area contributed by atoms with Gasteiger partial charge >= 0.3 is 12.4 Å². The highest BCUT2D eigenvalue weighted by Gasteiger charge is 2.70. The largest absolute Gasteiger partial charge is 0.403 e. The van der Waals surface area contributed by atoms with Gasteiger partial charge in [0.05, 0.1) is 0 Å². The minimum Gasteiger partial charge on any atom is -0.170 e. The molecule has 0 saturated heterocycles. The maximum absolute atomic E-state index is 13.4. The molecule has 2 aromatic carbocycles. The van der Waals surface area contributed by atoms with Crippen molar-refractivity contribution in [1.29, 1.82) is 0 Å². The molecule has 0 spiro atoms. The van der Waals surface area contributed by atoms with Crippen molar-refractivity contribution >= 4 is 10.8 Å². The molecule has 0 N–H and O–H groups in total. The predicted molar refractivity (Wildman–Crippen MR) is 103 cm³/mol. The van der Waals surface area contributed by atoms with Gasteiger partial charge in [-0.25, -0.2) is 0 Å². The molecule has 0 amide bonds. The van der Waals surface area contributed by atoms with Crippen LogP contribution in [-0.2, 0) is 5.41 Å². The minimum absolute atomic E-state index is 0.129. The SMILES string of the molecule is Cc1c(C(C)(C)C)cc(C2CCC(C(F)(F)F)(C(F)(F)F)CC2)c2ccccc12. The fourth-order valence-corrected chi connectivity index (χ4v) is 4.81. The molecule has 6 heteroatoms. The number of alkyl halides is 6. The second-order valence-electron chi connectivity index (χ2n) is 9.29. The van der Waals surface area contributed by atoms with E-state index in [9.17, 15) is 26.3 Å². The van der Waals surface area contributed by atoms with Crippen LogP contribution in [0.4, 0.5) is 26.3 Å². The molecule has 0 bridgehead atoms. The van der Waals surface area contributed by atoms with Gasteiger partial charge in [-0.05, 0) is 71.4 Å². The molecule has 3 rings (SSSR count). The summed E-state index contributed by atoms with van der Waals surface area (Å²) >= 11 is 0. The van der Waals surface area contributed by atoms with Crippen LogP contribution >= 0.6 is 0 Å². The minimum atomic E-state index is -5.29. The van der Waals surface area contributed by atoms with Crippen molar-refractivity contribution < 1.29 is 26.3 Å². The summed E-state index contributed by atoms with van der Waals surface area (Å²) in [7, 11) is 0. The summed E-state index contributed by atoms with van der Waals surface area (Å²) in [6.07, 6.45) is -12.7. The highest BCUT2D eigenvalue weighted by molar-refractivity contribution is 5.90. The molecule has 0 radical (unpaired) electrons. The zero-order valence-corrected chi connectivity index (χ0v) is 17.1. The first kappa shape index (κ1) is 22.0. The summed E-state index contributed by atoms with van der Waals surface area (Å²) in [4.78, 5) is 0. The molecule has 0 aromatic heterocycles. The Bertz CT molecular complexity index is 874. The molecule has 1 aliphatic carbocycles. The van der Waals surface area contributed by atoms with E-state index in [2.05, 4.69) is 20.8 Å². The van der Waals surface area contributed by atoms with E-state index in [4.69, 9.17) is 0 Å². The highest BCUT2D eigenvalue weighted by atomic mass is 19.4. The lowest BCUT2D eigenvalue weighted by Crippen LogP contribution is -2.51. The molecular formula is C23H26F6. The average molecular weight is 416 g/mol. The molecule has 0 unspecified atom stereocenters. The Kier molecular flexibility index (Phi) is 5.24. The lowest BCUT2D eigenvalue weighted by molar-refractivity contribution is -0.350. The van der Waals surface area contributed by atoms with E-state index in [0.29, 0.717) is 0 Å². The molecule has 0 atom stereocenters. The topological polar surface area (TPSA) is 0 Å². The van der Waals surface area contributed by atoms with E-state index in [0.717, 1.165) is 27.5 Å². The van der Waals surface area contributed by atoms with Crippen molar-refractivity contribution in [3.63, 3.8) is 0 Å². The third-order valence-electron chi connectivity index (χ3n) is 6.52. The number of aryl methyl sites for hydroxylation is 1. The summed E-state index contributed by atoms with van der Waals surface area (Å²) in [5.74, 6) is -0.320. The summed E-state index contributed by atoms with van der Waals surface area (Å²) in [6.45, 7) is 8.21. The fourth-order valence-electron chi connectivity index (χ4n) is 4.81.